The summed E-state index contributed by atoms with van der Waals surface area (Å²) < 4.78 is 38.8. The van der Waals surface area contributed by atoms with Crippen LogP contribution in [0, 0.1) is 0 Å². The maximum atomic E-state index is 12.8. The largest absolute Gasteiger partial charge is 0.417 e. The third-order valence-electron chi connectivity index (χ3n) is 2.59. The van der Waals surface area contributed by atoms with Crippen LogP contribution in [0.25, 0.3) is 10.1 Å². The highest BCUT2D eigenvalue weighted by atomic mass is 32.1. The minimum Gasteiger partial charge on any atom is -0.166 e. The van der Waals surface area contributed by atoms with Crippen molar-refractivity contribution in [2.45, 2.75) is 32.4 Å². The molecule has 17 heavy (non-hydrogen) atoms. The van der Waals surface area contributed by atoms with Crippen molar-refractivity contribution in [3.8, 4) is 0 Å². The maximum absolute atomic E-state index is 12.8. The number of halogens is 3. The van der Waals surface area contributed by atoms with E-state index in [0.29, 0.717) is 10.1 Å². The highest BCUT2D eigenvalue weighted by molar-refractivity contribution is 7.19. The van der Waals surface area contributed by atoms with Crippen LogP contribution in [0.15, 0.2) is 24.3 Å². The van der Waals surface area contributed by atoms with Gasteiger partial charge in [-0.2, -0.15) is 13.2 Å². The normalized spacial score (nSPS) is 13.3. The lowest BCUT2D eigenvalue weighted by Gasteiger charge is -2.15. The van der Waals surface area contributed by atoms with Gasteiger partial charge in [-0.25, -0.2) is 0 Å². The first kappa shape index (κ1) is 12.4. The van der Waals surface area contributed by atoms with E-state index in [-0.39, 0.29) is 5.41 Å². The van der Waals surface area contributed by atoms with Gasteiger partial charge in [0, 0.05) is 9.58 Å². The molecule has 0 bridgehead atoms. The molecule has 0 radical (unpaired) electrons. The minimum atomic E-state index is -4.28. The Bertz CT molecular complexity index is 544. The molecule has 0 spiro atoms. The molecule has 0 atom stereocenters. The Hall–Kier alpha value is -1.03. The summed E-state index contributed by atoms with van der Waals surface area (Å²) in [6.07, 6.45) is -4.28. The summed E-state index contributed by atoms with van der Waals surface area (Å²) in [4.78, 5) is 0.976. The Labute approximate surface area is 102 Å². The van der Waals surface area contributed by atoms with Crippen molar-refractivity contribution in [2.75, 3.05) is 0 Å². The second kappa shape index (κ2) is 3.73. The topological polar surface area (TPSA) is 0 Å². The van der Waals surface area contributed by atoms with E-state index in [1.54, 1.807) is 6.07 Å². The number of alkyl halides is 3. The lowest BCUT2D eigenvalue weighted by atomic mass is 9.94. The average molecular weight is 258 g/mol. The van der Waals surface area contributed by atoms with Crippen molar-refractivity contribution in [1.29, 1.82) is 0 Å². The van der Waals surface area contributed by atoms with Crippen LogP contribution in [-0.2, 0) is 11.6 Å². The van der Waals surface area contributed by atoms with Gasteiger partial charge in [0.25, 0.3) is 0 Å². The monoisotopic (exact) mass is 258 g/mol. The molecule has 1 heterocycles. The molecule has 0 fully saturated rings. The van der Waals surface area contributed by atoms with Crippen molar-refractivity contribution < 1.29 is 13.2 Å². The molecule has 0 amide bonds. The van der Waals surface area contributed by atoms with Crippen molar-refractivity contribution in [2.24, 2.45) is 0 Å². The third kappa shape index (κ3) is 2.32. The molecule has 4 heteroatoms. The maximum Gasteiger partial charge on any atom is 0.417 e. The first-order chi connectivity index (χ1) is 7.69. The Balaban J connectivity index is 2.70. The van der Waals surface area contributed by atoms with Crippen LogP contribution in [0.1, 0.15) is 31.2 Å². The number of hydrogen-bond donors (Lipinski definition) is 0. The van der Waals surface area contributed by atoms with Gasteiger partial charge in [0.2, 0.25) is 0 Å². The molecule has 1 aromatic carbocycles. The van der Waals surface area contributed by atoms with Gasteiger partial charge in [-0.1, -0.05) is 32.9 Å². The van der Waals surface area contributed by atoms with Gasteiger partial charge < -0.3 is 0 Å². The fourth-order valence-corrected chi connectivity index (χ4v) is 2.91. The molecular weight excluding hydrogens is 245 g/mol. The van der Waals surface area contributed by atoms with Gasteiger partial charge in [0.05, 0.1) is 5.56 Å². The van der Waals surface area contributed by atoms with Crippen LogP contribution in [0.4, 0.5) is 13.2 Å². The van der Waals surface area contributed by atoms with Crippen LogP contribution >= 0.6 is 11.3 Å². The first-order valence-electron chi connectivity index (χ1n) is 5.30. The molecule has 2 aromatic rings. The molecule has 0 aliphatic rings. The molecule has 0 saturated carbocycles. The SMILES string of the molecule is CC(C)(C)c1cc2cccc(C(F)(F)F)c2s1. The predicted octanol–water partition coefficient (Wildman–Crippen LogP) is 5.22. The molecule has 0 aliphatic carbocycles. The van der Waals surface area contributed by atoms with Gasteiger partial charge in [0.15, 0.2) is 0 Å². The van der Waals surface area contributed by atoms with Crippen molar-refractivity contribution >= 4 is 21.4 Å². The number of fused-ring (bicyclic) bond motifs is 1. The molecule has 0 nitrogen and oxygen atoms in total. The highest BCUT2D eigenvalue weighted by Crippen LogP contribution is 2.41. The second-order valence-corrected chi connectivity index (χ2v) is 6.13. The number of hydrogen-bond acceptors (Lipinski definition) is 1. The molecule has 1 aromatic heterocycles. The van der Waals surface area contributed by atoms with Crippen LogP contribution in [0.5, 0.6) is 0 Å². The van der Waals surface area contributed by atoms with Gasteiger partial charge in [-0.3, -0.25) is 0 Å². The van der Waals surface area contributed by atoms with E-state index in [2.05, 4.69) is 0 Å². The zero-order chi connectivity index (χ0) is 12.8. The van der Waals surface area contributed by atoms with Crippen LogP contribution in [0.2, 0.25) is 0 Å². The summed E-state index contributed by atoms with van der Waals surface area (Å²) >= 11 is 1.24. The van der Waals surface area contributed by atoms with Gasteiger partial charge in [-0.05, 0) is 22.9 Å². The number of rotatable bonds is 0. The lowest BCUT2D eigenvalue weighted by Crippen LogP contribution is -2.07. The highest BCUT2D eigenvalue weighted by Gasteiger charge is 2.33. The molecule has 0 saturated heterocycles. The Kier molecular flexibility index (Phi) is 2.73. The lowest BCUT2D eigenvalue weighted by molar-refractivity contribution is -0.136. The van der Waals surface area contributed by atoms with Crippen molar-refractivity contribution in [3.63, 3.8) is 0 Å². The molecule has 0 unspecified atom stereocenters. The van der Waals surface area contributed by atoms with E-state index in [4.69, 9.17) is 0 Å². The fourth-order valence-electron chi connectivity index (χ4n) is 1.66. The Morgan fingerprint density at radius 2 is 1.71 bits per heavy atom. The quantitative estimate of drug-likeness (QED) is 0.608. The van der Waals surface area contributed by atoms with E-state index >= 15 is 0 Å². The summed E-state index contributed by atoms with van der Waals surface area (Å²) in [6, 6.07) is 6.20. The Morgan fingerprint density at radius 3 is 2.24 bits per heavy atom. The molecule has 92 valence electrons. The molecule has 0 aliphatic heterocycles. The smallest absolute Gasteiger partial charge is 0.166 e. The van der Waals surface area contributed by atoms with Crippen LogP contribution < -0.4 is 0 Å². The number of benzene rings is 1. The second-order valence-electron chi connectivity index (χ2n) is 5.08. The summed E-state index contributed by atoms with van der Waals surface area (Å²) in [7, 11) is 0. The number of thiophene rings is 1. The molecular formula is C13H13F3S. The molecule has 0 N–H and O–H groups in total. The van der Waals surface area contributed by atoms with Gasteiger partial charge >= 0.3 is 6.18 Å². The van der Waals surface area contributed by atoms with Gasteiger partial charge in [0.1, 0.15) is 0 Å². The first-order valence-corrected chi connectivity index (χ1v) is 6.11. The third-order valence-corrected chi connectivity index (χ3v) is 4.20. The Morgan fingerprint density at radius 1 is 1.06 bits per heavy atom. The van der Waals surface area contributed by atoms with Crippen molar-refractivity contribution in [3.05, 3.63) is 34.7 Å². The fraction of sp³-hybridized carbons (Fsp3) is 0.385. The van der Waals surface area contributed by atoms with E-state index in [1.165, 1.54) is 17.4 Å². The van der Waals surface area contributed by atoms with Crippen LogP contribution in [-0.4, -0.2) is 0 Å². The average Bonchev–Trinajstić information content (AvgIpc) is 2.57. The minimum absolute atomic E-state index is 0.118. The molecule has 2 rings (SSSR count). The zero-order valence-corrected chi connectivity index (χ0v) is 10.7. The zero-order valence-electron chi connectivity index (χ0n) is 9.85. The van der Waals surface area contributed by atoms with Crippen LogP contribution in [0.3, 0.4) is 0 Å². The predicted molar refractivity (Wildman–Crippen MR) is 65.5 cm³/mol. The van der Waals surface area contributed by atoms with E-state index in [0.717, 1.165) is 10.9 Å². The van der Waals surface area contributed by atoms with E-state index in [1.807, 2.05) is 26.8 Å². The van der Waals surface area contributed by atoms with Crippen molar-refractivity contribution in [1.82, 2.24) is 0 Å². The standard InChI is InChI=1S/C13H13F3S/c1-12(2,3)10-7-8-5-4-6-9(11(8)17-10)13(14,15)16/h4-7H,1-3H3. The van der Waals surface area contributed by atoms with E-state index in [9.17, 15) is 13.2 Å². The summed E-state index contributed by atoms with van der Waals surface area (Å²) in [5.74, 6) is 0. The van der Waals surface area contributed by atoms with E-state index < -0.39 is 11.7 Å². The van der Waals surface area contributed by atoms with Gasteiger partial charge in [-0.15, -0.1) is 11.3 Å². The summed E-state index contributed by atoms with van der Waals surface area (Å²) in [6.45, 7) is 6.01. The summed E-state index contributed by atoms with van der Waals surface area (Å²) in [5.41, 5.74) is -0.650. The summed E-state index contributed by atoms with van der Waals surface area (Å²) in [5, 5.41) is 0.676.